The number of ether oxygens (including phenoxy) is 2. The second-order valence-electron chi connectivity index (χ2n) is 7.18. The number of aryl methyl sites for hydroxylation is 2. The maximum atomic E-state index is 5.64. The van der Waals surface area contributed by atoms with Gasteiger partial charge in [0.05, 0.1) is 35.6 Å². The molecule has 4 rings (SSSR count). The molecule has 0 saturated carbocycles. The molecule has 0 atom stereocenters. The predicted octanol–water partition coefficient (Wildman–Crippen LogP) is 6.81. The van der Waals surface area contributed by atoms with Gasteiger partial charge < -0.3 is 14.5 Å². The van der Waals surface area contributed by atoms with Crippen molar-refractivity contribution >= 4 is 15.9 Å². The lowest BCUT2D eigenvalue weighted by molar-refractivity contribution is 0.393. The lowest BCUT2D eigenvalue weighted by Gasteiger charge is -2.10. The number of rotatable bonds is 5. The highest BCUT2D eigenvalue weighted by Gasteiger charge is 2.20. The van der Waals surface area contributed by atoms with Crippen LogP contribution in [0.2, 0.25) is 0 Å². The molecule has 0 radical (unpaired) electrons. The van der Waals surface area contributed by atoms with Gasteiger partial charge in [-0.05, 0) is 47.5 Å². The normalized spacial score (nSPS) is 10.8. The molecular weight excluding hydrogens is 440 g/mol. The van der Waals surface area contributed by atoms with E-state index in [1.54, 1.807) is 14.2 Å². The number of aromatic amines is 1. The molecule has 0 fully saturated rings. The molecule has 30 heavy (non-hydrogen) atoms. The van der Waals surface area contributed by atoms with Gasteiger partial charge in [0, 0.05) is 17.2 Å². The van der Waals surface area contributed by atoms with Crippen LogP contribution in [0.4, 0.5) is 0 Å². The molecule has 5 heteroatoms. The second kappa shape index (κ2) is 8.36. The summed E-state index contributed by atoms with van der Waals surface area (Å²) in [6.07, 6.45) is 0. The average molecular weight is 463 g/mol. The van der Waals surface area contributed by atoms with Crippen LogP contribution in [-0.2, 0) is 0 Å². The van der Waals surface area contributed by atoms with Crippen molar-refractivity contribution in [3.05, 3.63) is 76.3 Å². The molecule has 1 aromatic heterocycles. The molecule has 1 N–H and O–H groups in total. The van der Waals surface area contributed by atoms with Crippen LogP contribution < -0.4 is 9.47 Å². The molecule has 0 bridgehead atoms. The fourth-order valence-electron chi connectivity index (χ4n) is 3.55. The van der Waals surface area contributed by atoms with Crippen molar-refractivity contribution in [2.75, 3.05) is 14.2 Å². The Morgan fingerprint density at radius 1 is 0.833 bits per heavy atom. The summed E-state index contributed by atoms with van der Waals surface area (Å²) in [6.45, 7) is 4.22. The molecule has 4 aromatic rings. The highest BCUT2D eigenvalue weighted by Crippen LogP contribution is 2.41. The van der Waals surface area contributed by atoms with Crippen molar-refractivity contribution < 1.29 is 9.47 Å². The van der Waals surface area contributed by atoms with Crippen molar-refractivity contribution in [1.82, 2.24) is 9.97 Å². The van der Waals surface area contributed by atoms with E-state index in [1.807, 2.05) is 30.3 Å². The molecule has 0 unspecified atom stereocenters. The Morgan fingerprint density at radius 3 is 2.27 bits per heavy atom. The van der Waals surface area contributed by atoms with Crippen LogP contribution in [0.15, 0.2) is 65.1 Å². The Hall–Kier alpha value is -3.05. The summed E-state index contributed by atoms with van der Waals surface area (Å²) in [7, 11) is 3.29. The maximum absolute atomic E-state index is 5.64. The molecule has 0 saturated heterocycles. The lowest BCUT2D eigenvalue weighted by Crippen LogP contribution is -1.93. The Labute approximate surface area is 185 Å². The minimum absolute atomic E-state index is 0.691. The van der Waals surface area contributed by atoms with Crippen LogP contribution in [0.3, 0.4) is 0 Å². The van der Waals surface area contributed by atoms with Gasteiger partial charge >= 0.3 is 0 Å². The van der Waals surface area contributed by atoms with E-state index >= 15 is 0 Å². The quantitative estimate of drug-likeness (QED) is 0.354. The summed E-state index contributed by atoms with van der Waals surface area (Å²) in [5.74, 6) is 2.14. The van der Waals surface area contributed by atoms with Crippen LogP contribution in [0.1, 0.15) is 11.1 Å². The number of benzene rings is 3. The lowest BCUT2D eigenvalue weighted by atomic mass is 9.99. The van der Waals surface area contributed by atoms with E-state index in [4.69, 9.17) is 14.5 Å². The van der Waals surface area contributed by atoms with E-state index in [0.29, 0.717) is 11.5 Å². The van der Waals surface area contributed by atoms with Crippen molar-refractivity contribution in [3.8, 4) is 45.4 Å². The first-order valence-corrected chi connectivity index (χ1v) is 10.5. The van der Waals surface area contributed by atoms with Gasteiger partial charge in [0.2, 0.25) is 0 Å². The fourth-order valence-corrected chi connectivity index (χ4v) is 4.06. The summed E-state index contributed by atoms with van der Waals surface area (Å²) in [5, 5.41) is 0. The van der Waals surface area contributed by atoms with Crippen LogP contribution in [0.25, 0.3) is 33.9 Å². The zero-order valence-electron chi connectivity index (χ0n) is 17.4. The van der Waals surface area contributed by atoms with Gasteiger partial charge in [0.25, 0.3) is 0 Å². The largest absolute Gasteiger partial charge is 0.496 e. The third kappa shape index (κ3) is 3.73. The zero-order valence-corrected chi connectivity index (χ0v) is 19.0. The molecule has 1 heterocycles. The minimum atomic E-state index is 0.691. The number of methoxy groups -OCH3 is 2. The van der Waals surface area contributed by atoms with E-state index < -0.39 is 0 Å². The number of hydrogen-bond donors (Lipinski definition) is 1. The van der Waals surface area contributed by atoms with Crippen molar-refractivity contribution in [2.45, 2.75) is 13.8 Å². The number of nitrogens with one attached hydrogen (secondary N) is 1. The topological polar surface area (TPSA) is 47.1 Å². The van der Waals surface area contributed by atoms with Gasteiger partial charge in [-0.2, -0.15) is 0 Å². The number of aromatic nitrogens is 2. The molecule has 0 aliphatic carbocycles. The molecule has 4 nitrogen and oxygen atoms in total. The Kier molecular flexibility index (Phi) is 5.64. The van der Waals surface area contributed by atoms with Crippen molar-refractivity contribution in [1.29, 1.82) is 0 Å². The molecule has 0 aliphatic heterocycles. The van der Waals surface area contributed by atoms with Crippen molar-refractivity contribution in [3.63, 3.8) is 0 Å². The van der Waals surface area contributed by atoms with Gasteiger partial charge in [-0.1, -0.05) is 48.0 Å². The number of imidazole rings is 1. The Morgan fingerprint density at radius 2 is 1.57 bits per heavy atom. The third-order valence-corrected chi connectivity index (χ3v) is 5.76. The second-order valence-corrected chi connectivity index (χ2v) is 8.03. The molecule has 0 aliphatic rings. The van der Waals surface area contributed by atoms with Crippen LogP contribution in [0, 0.1) is 13.8 Å². The SMILES string of the molecule is COc1cc(OC)c(-c2nc(-c3ccccc3)c(-c3cc(C)ccc3C)[nH]2)cc1Br. The van der Waals surface area contributed by atoms with E-state index in [1.165, 1.54) is 11.1 Å². The van der Waals surface area contributed by atoms with Gasteiger partial charge in [0.15, 0.2) is 0 Å². The first kappa shape index (κ1) is 20.2. The van der Waals surface area contributed by atoms with Crippen LogP contribution >= 0.6 is 15.9 Å². The highest BCUT2D eigenvalue weighted by atomic mass is 79.9. The summed E-state index contributed by atoms with van der Waals surface area (Å²) >= 11 is 3.58. The standard InChI is InChI=1S/C25H23BrN2O2/c1-15-10-11-16(2)18(12-15)24-23(17-8-6-5-7-9-17)27-25(28-24)19-13-20(26)22(30-4)14-21(19)29-3/h5-14H,1-4H3,(H,27,28). The first-order chi connectivity index (χ1) is 14.5. The fraction of sp³-hybridized carbons (Fsp3) is 0.160. The number of nitrogens with zero attached hydrogens (tertiary/aromatic N) is 1. The molecule has 3 aromatic carbocycles. The molecule has 0 spiro atoms. The Bertz CT molecular complexity index is 1200. The summed E-state index contributed by atoms with van der Waals surface area (Å²) in [5.41, 5.74) is 7.35. The zero-order chi connectivity index (χ0) is 21.3. The van der Waals surface area contributed by atoms with Gasteiger partial charge in [-0.15, -0.1) is 0 Å². The van der Waals surface area contributed by atoms with Crippen LogP contribution in [0.5, 0.6) is 11.5 Å². The van der Waals surface area contributed by atoms with Crippen LogP contribution in [-0.4, -0.2) is 24.2 Å². The van der Waals surface area contributed by atoms with Gasteiger partial charge in [-0.25, -0.2) is 4.98 Å². The summed E-state index contributed by atoms with van der Waals surface area (Å²) < 4.78 is 11.9. The predicted molar refractivity (Wildman–Crippen MR) is 125 cm³/mol. The average Bonchev–Trinajstić information content (AvgIpc) is 3.21. The monoisotopic (exact) mass is 462 g/mol. The van der Waals surface area contributed by atoms with E-state index in [-0.39, 0.29) is 0 Å². The number of hydrogen-bond acceptors (Lipinski definition) is 3. The van der Waals surface area contributed by atoms with Gasteiger partial charge in [0.1, 0.15) is 17.3 Å². The van der Waals surface area contributed by atoms with Crippen molar-refractivity contribution in [2.24, 2.45) is 0 Å². The molecular formula is C25H23BrN2O2. The highest BCUT2D eigenvalue weighted by molar-refractivity contribution is 9.10. The number of halogens is 1. The van der Waals surface area contributed by atoms with E-state index in [2.05, 4.69) is 65.1 Å². The van der Waals surface area contributed by atoms with E-state index in [9.17, 15) is 0 Å². The summed E-state index contributed by atoms with van der Waals surface area (Å²) in [6, 6.07) is 20.5. The minimum Gasteiger partial charge on any atom is -0.496 e. The third-order valence-electron chi connectivity index (χ3n) is 5.14. The molecule has 152 valence electrons. The number of H-pyrrole nitrogens is 1. The molecule has 0 amide bonds. The maximum Gasteiger partial charge on any atom is 0.142 e. The summed E-state index contributed by atoms with van der Waals surface area (Å²) in [4.78, 5) is 8.57. The Balaban J connectivity index is 1.97. The van der Waals surface area contributed by atoms with Gasteiger partial charge in [-0.3, -0.25) is 0 Å². The van der Waals surface area contributed by atoms with E-state index in [0.717, 1.165) is 38.4 Å². The smallest absolute Gasteiger partial charge is 0.142 e. The first-order valence-electron chi connectivity index (χ1n) is 9.66.